The average Bonchev–Trinajstić information content (AvgIpc) is 2.92. The molecule has 0 saturated carbocycles. The number of hydrogen-bond acceptors (Lipinski definition) is 5. The number of esters is 1. The number of carboxylic acids is 1. The van der Waals surface area contributed by atoms with Crippen molar-refractivity contribution in [2.24, 2.45) is 0 Å². The van der Waals surface area contributed by atoms with Crippen LogP contribution < -0.4 is 14.8 Å². The predicted octanol–water partition coefficient (Wildman–Crippen LogP) is 6.99. The van der Waals surface area contributed by atoms with Gasteiger partial charge in [0.25, 0.3) is 5.91 Å². The third kappa shape index (κ3) is 9.61. The van der Waals surface area contributed by atoms with Gasteiger partial charge < -0.3 is 19.9 Å². The van der Waals surface area contributed by atoms with Crippen molar-refractivity contribution in [3.63, 3.8) is 0 Å². The van der Waals surface area contributed by atoms with E-state index in [-0.39, 0.29) is 17.0 Å². The minimum Gasteiger partial charge on any atom is -0.494 e. The Morgan fingerprint density at radius 2 is 1.54 bits per heavy atom. The molecule has 0 aromatic heterocycles. The van der Waals surface area contributed by atoms with Crippen molar-refractivity contribution in [3.05, 3.63) is 93.5 Å². The van der Waals surface area contributed by atoms with Crippen LogP contribution in [-0.2, 0) is 11.2 Å². The van der Waals surface area contributed by atoms with Gasteiger partial charge >= 0.3 is 11.9 Å². The van der Waals surface area contributed by atoms with E-state index < -0.39 is 23.9 Å². The lowest BCUT2D eigenvalue weighted by atomic mass is 10.1. The summed E-state index contributed by atoms with van der Waals surface area (Å²) < 4.78 is 11.2. The lowest BCUT2D eigenvalue weighted by Gasteiger charge is -2.15. The first-order chi connectivity index (χ1) is 18.8. The van der Waals surface area contributed by atoms with E-state index in [2.05, 4.69) is 12.2 Å². The first-order valence-corrected chi connectivity index (χ1v) is 13.5. The number of amides is 1. The molecule has 9 heteroatoms. The van der Waals surface area contributed by atoms with Crippen LogP contribution in [-0.4, -0.2) is 35.6 Å². The number of carbonyl (C=O) groups excluding carboxylic acids is 2. The topological polar surface area (TPSA) is 102 Å². The van der Waals surface area contributed by atoms with Gasteiger partial charge in [0.15, 0.2) is 0 Å². The summed E-state index contributed by atoms with van der Waals surface area (Å²) in [5.41, 5.74) is 1.08. The third-order valence-corrected chi connectivity index (χ3v) is 6.52. The van der Waals surface area contributed by atoms with E-state index in [4.69, 9.17) is 32.7 Å². The fraction of sp³-hybridized carbons (Fsp3) is 0.300. The zero-order chi connectivity index (χ0) is 28.2. The van der Waals surface area contributed by atoms with Gasteiger partial charge in [-0.15, -0.1) is 0 Å². The fourth-order valence-electron chi connectivity index (χ4n) is 3.79. The summed E-state index contributed by atoms with van der Waals surface area (Å²) in [6, 6.07) is 16.3. The third-order valence-electron chi connectivity index (χ3n) is 5.96. The SMILES string of the molecule is CCCCCCCOc1ccc(C(=O)Oc2ccc(C[C@H](NC(=O)c3cc(Cl)ccc3Cl)C(=O)O)cc2)cc1. The van der Waals surface area contributed by atoms with Gasteiger partial charge in [-0.05, 0) is 66.6 Å². The van der Waals surface area contributed by atoms with Gasteiger partial charge in [0.05, 0.1) is 22.8 Å². The Morgan fingerprint density at radius 3 is 2.21 bits per heavy atom. The summed E-state index contributed by atoms with van der Waals surface area (Å²) in [6.07, 6.45) is 5.79. The van der Waals surface area contributed by atoms with Crippen molar-refractivity contribution >= 4 is 41.0 Å². The molecule has 1 amide bonds. The highest BCUT2D eigenvalue weighted by Crippen LogP contribution is 2.21. The molecule has 0 aliphatic heterocycles. The lowest BCUT2D eigenvalue weighted by Crippen LogP contribution is -2.42. The zero-order valence-corrected chi connectivity index (χ0v) is 23.1. The highest BCUT2D eigenvalue weighted by Gasteiger charge is 2.22. The van der Waals surface area contributed by atoms with E-state index in [1.165, 1.54) is 37.5 Å². The molecule has 0 aliphatic rings. The van der Waals surface area contributed by atoms with Crippen molar-refractivity contribution in [3.8, 4) is 11.5 Å². The number of carboxylic acid groups (broad SMARTS) is 1. The molecule has 0 unspecified atom stereocenters. The number of ether oxygens (including phenoxy) is 2. The number of nitrogens with one attached hydrogen (secondary N) is 1. The molecule has 0 fully saturated rings. The molecular formula is C30H31Cl2NO6. The van der Waals surface area contributed by atoms with Gasteiger partial charge in [-0.1, -0.05) is 67.9 Å². The number of hydrogen-bond donors (Lipinski definition) is 2. The van der Waals surface area contributed by atoms with Crippen molar-refractivity contribution in [1.82, 2.24) is 5.32 Å². The minimum absolute atomic E-state index is 0.00749. The molecule has 3 aromatic carbocycles. The molecule has 0 aliphatic carbocycles. The van der Waals surface area contributed by atoms with Crippen molar-refractivity contribution in [2.45, 2.75) is 51.5 Å². The van der Waals surface area contributed by atoms with E-state index in [1.807, 2.05) is 0 Å². The Labute approximate surface area is 238 Å². The van der Waals surface area contributed by atoms with Crippen LogP contribution in [0.2, 0.25) is 10.0 Å². The first-order valence-electron chi connectivity index (χ1n) is 12.8. The average molecular weight is 572 g/mol. The standard InChI is InChI=1S/C30H31Cl2NO6/c1-2-3-4-5-6-17-38-23-14-9-21(10-15-23)30(37)39-24-12-7-20(8-13-24)18-27(29(35)36)33-28(34)25-19-22(31)11-16-26(25)32/h7-16,19,27H,2-6,17-18H2,1H3,(H,33,34)(H,35,36)/t27-/m0/s1. The van der Waals surface area contributed by atoms with Crippen LogP contribution in [0.25, 0.3) is 0 Å². The Kier molecular flexibility index (Phi) is 11.6. The van der Waals surface area contributed by atoms with Crippen LogP contribution in [0.3, 0.4) is 0 Å². The fourth-order valence-corrected chi connectivity index (χ4v) is 4.16. The normalized spacial score (nSPS) is 11.5. The summed E-state index contributed by atoms with van der Waals surface area (Å²) in [7, 11) is 0. The van der Waals surface area contributed by atoms with Crippen LogP contribution in [0.5, 0.6) is 11.5 Å². The molecule has 3 rings (SSSR count). The van der Waals surface area contributed by atoms with Crippen molar-refractivity contribution in [1.29, 1.82) is 0 Å². The molecule has 2 N–H and O–H groups in total. The summed E-state index contributed by atoms with van der Waals surface area (Å²) in [5.74, 6) is -1.38. The van der Waals surface area contributed by atoms with Gasteiger partial charge in [-0.25, -0.2) is 9.59 Å². The second-order valence-corrected chi connectivity index (χ2v) is 9.86. The van der Waals surface area contributed by atoms with Gasteiger partial charge in [0.2, 0.25) is 0 Å². The predicted molar refractivity (Wildman–Crippen MR) is 151 cm³/mol. The van der Waals surface area contributed by atoms with Crippen LogP contribution in [0.1, 0.15) is 65.3 Å². The maximum absolute atomic E-state index is 12.6. The number of rotatable bonds is 14. The van der Waals surface area contributed by atoms with E-state index >= 15 is 0 Å². The second-order valence-electron chi connectivity index (χ2n) is 9.01. The van der Waals surface area contributed by atoms with E-state index in [0.29, 0.717) is 34.3 Å². The maximum atomic E-state index is 12.6. The van der Waals surface area contributed by atoms with E-state index in [9.17, 15) is 19.5 Å². The molecule has 0 radical (unpaired) electrons. The van der Waals surface area contributed by atoms with E-state index in [1.54, 1.807) is 48.5 Å². The Hall–Kier alpha value is -3.55. The summed E-state index contributed by atoms with van der Waals surface area (Å²) in [5, 5.41) is 12.5. The Balaban J connectivity index is 1.52. The minimum atomic E-state index is -1.21. The Bertz CT molecular complexity index is 1260. The first kappa shape index (κ1) is 30.0. The molecular weight excluding hydrogens is 541 g/mol. The summed E-state index contributed by atoms with van der Waals surface area (Å²) >= 11 is 12.0. The smallest absolute Gasteiger partial charge is 0.343 e. The molecule has 7 nitrogen and oxygen atoms in total. The number of aliphatic carboxylic acids is 1. The molecule has 39 heavy (non-hydrogen) atoms. The number of halogens is 2. The molecule has 0 saturated heterocycles. The van der Waals surface area contributed by atoms with Crippen molar-refractivity contribution < 1.29 is 29.0 Å². The number of carbonyl (C=O) groups is 3. The van der Waals surface area contributed by atoms with Gasteiger partial charge in [0, 0.05) is 11.4 Å². The highest BCUT2D eigenvalue weighted by molar-refractivity contribution is 6.35. The summed E-state index contributed by atoms with van der Waals surface area (Å²) in [4.78, 5) is 36.9. The van der Waals surface area contributed by atoms with Crippen LogP contribution in [0, 0.1) is 0 Å². The number of benzene rings is 3. The lowest BCUT2D eigenvalue weighted by molar-refractivity contribution is -0.139. The summed E-state index contributed by atoms with van der Waals surface area (Å²) in [6.45, 7) is 2.82. The van der Waals surface area contributed by atoms with Gasteiger partial charge in [-0.3, -0.25) is 4.79 Å². The Morgan fingerprint density at radius 1 is 0.872 bits per heavy atom. The largest absolute Gasteiger partial charge is 0.494 e. The number of unbranched alkanes of at least 4 members (excludes halogenated alkanes) is 4. The maximum Gasteiger partial charge on any atom is 0.343 e. The molecule has 1 atom stereocenters. The van der Waals surface area contributed by atoms with Crippen LogP contribution in [0.4, 0.5) is 0 Å². The van der Waals surface area contributed by atoms with Crippen LogP contribution >= 0.6 is 23.2 Å². The van der Waals surface area contributed by atoms with E-state index in [0.717, 1.165) is 12.8 Å². The molecule has 206 valence electrons. The monoisotopic (exact) mass is 571 g/mol. The zero-order valence-electron chi connectivity index (χ0n) is 21.6. The van der Waals surface area contributed by atoms with Crippen LogP contribution in [0.15, 0.2) is 66.7 Å². The molecule has 0 heterocycles. The molecule has 0 spiro atoms. The quantitative estimate of drug-likeness (QED) is 0.123. The van der Waals surface area contributed by atoms with Gasteiger partial charge in [-0.2, -0.15) is 0 Å². The second kappa shape index (κ2) is 15.1. The highest BCUT2D eigenvalue weighted by atomic mass is 35.5. The van der Waals surface area contributed by atoms with Gasteiger partial charge in [0.1, 0.15) is 17.5 Å². The molecule has 0 bridgehead atoms. The van der Waals surface area contributed by atoms with Crippen molar-refractivity contribution in [2.75, 3.05) is 6.61 Å². The molecule has 3 aromatic rings.